The van der Waals surface area contributed by atoms with Crippen LogP contribution in [0.15, 0.2) is 12.3 Å². The van der Waals surface area contributed by atoms with Gasteiger partial charge in [-0.3, -0.25) is 4.68 Å². The van der Waals surface area contributed by atoms with Crippen molar-refractivity contribution in [3.63, 3.8) is 0 Å². The molecule has 1 aromatic heterocycles. The van der Waals surface area contributed by atoms with Crippen molar-refractivity contribution in [3.8, 4) is 0 Å². The van der Waals surface area contributed by atoms with E-state index in [1.54, 1.807) is 0 Å². The molecule has 1 N–H and O–H groups in total. The molecule has 1 aliphatic heterocycles. The molecule has 0 saturated carbocycles. The van der Waals surface area contributed by atoms with Crippen LogP contribution in [0.4, 0.5) is 0 Å². The molecule has 4 nitrogen and oxygen atoms in total. The lowest BCUT2D eigenvalue weighted by Crippen LogP contribution is -2.28. The fraction of sp³-hybridized carbons (Fsp3) is 0.769. The Bertz CT molecular complexity index is 356. The molecule has 4 heteroatoms. The molecule has 1 saturated heterocycles. The predicted molar refractivity (Wildman–Crippen MR) is 65.9 cm³/mol. The van der Waals surface area contributed by atoms with Gasteiger partial charge in [0.25, 0.3) is 0 Å². The van der Waals surface area contributed by atoms with Crippen LogP contribution >= 0.6 is 0 Å². The second-order valence-corrected chi connectivity index (χ2v) is 5.18. The van der Waals surface area contributed by atoms with E-state index in [0.29, 0.717) is 12.6 Å². The Morgan fingerprint density at radius 1 is 1.65 bits per heavy atom. The zero-order valence-electron chi connectivity index (χ0n) is 10.7. The van der Waals surface area contributed by atoms with Crippen molar-refractivity contribution in [3.05, 3.63) is 18.0 Å². The quantitative estimate of drug-likeness (QED) is 0.851. The topological polar surface area (TPSA) is 47.3 Å². The average Bonchev–Trinajstić information content (AvgIpc) is 2.98. The summed E-state index contributed by atoms with van der Waals surface area (Å²) >= 11 is 0. The summed E-state index contributed by atoms with van der Waals surface area (Å²) in [6.45, 7) is 5.92. The molecular weight excluding hydrogens is 216 g/mol. The van der Waals surface area contributed by atoms with Crippen LogP contribution < -0.4 is 0 Å². The lowest BCUT2D eigenvalue weighted by molar-refractivity contribution is 0.0926. The van der Waals surface area contributed by atoms with Gasteiger partial charge in [-0.15, -0.1) is 0 Å². The van der Waals surface area contributed by atoms with Crippen molar-refractivity contribution in [1.82, 2.24) is 9.78 Å². The van der Waals surface area contributed by atoms with Gasteiger partial charge < -0.3 is 9.84 Å². The SMILES string of the molecule is CCC(C)n1ccc(CC2(CO)CCOC2)n1. The van der Waals surface area contributed by atoms with Gasteiger partial charge in [0.15, 0.2) is 0 Å². The van der Waals surface area contributed by atoms with Crippen molar-refractivity contribution in [2.45, 2.75) is 39.2 Å². The second kappa shape index (κ2) is 5.19. The maximum atomic E-state index is 9.53. The van der Waals surface area contributed by atoms with E-state index in [1.165, 1.54) is 0 Å². The molecule has 2 rings (SSSR count). The molecule has 0 amide bonds. The van der Waals surface area contributed by atoms with Crippen LogP contribution in [0.2, 0.25) is 0 Å². The van der Waals surface area contributed by atoms with Gasteiger partial charge in [-0.25, -0.2) is 0 Å². The highest BCUT2D eigenvalue weighted by atomic mass is 16.5. The zero-order chi connectivity index (χ0) is 12.3. The fourth-order valence-electron chi connectivity index (χ4n) is 2.26. The van der Waals surface area contributed by atoms with Crippen molar-refractivity contribution in [2.24, 2.45) is 5.41 Å². The van der Waals surface area contributed by atoms with Crippen molar-refractivity contribution < 1.29 is 9.84 Å². The highest BCUT2D eigenvalue weighted by molar-refractivity contribution is 5.05. The first kappa shape index (κ1) is 12.6. The minimum atomic E-state index is -0.103. The smallest absolute Gasteiger partial charge is 0.0632 e. The van der Waals surface area contributed by atoms with E-state index in [2.05, 4.69) is 25.0 Å². The van der Waals surface area contributed by atoms with Crippen LogP contribution in [0.25, 0.3) is 0 Å². The van der Waals surface area contributed by atoms with Gasteiger partial charge in [0, 0.05) is 30.7 Å². The summed E-state index contributed by atoms with van der Waals surface area (Å²) in [6.07, 6.45) is 4.85. The van der Waals surface area contributed by atoms with Crippen molar-refractivity contribution in [1.29, 1.82) is 0 Å². The van der Waals surface area contributed by atoms with Gasteiger partial charge in [-0.1, -0.05) is 6.92 Å². The number of nitrogens with zero attached hydrogens (tertiary/aromatic N) is 2. The number of ether oxygens (including phenoxy) is 1. The number of hydrogen-bond donors (Lipinski definition) is 1. The van der Waals surface area contributed by atoms with E-state index >= 15 is 0 Å². The van der Waals surface area contributed by atoms with Gasteiger partial charge in [0.05, 0.1) is 18.9 Å². The first-order chi connectivity index (χ1) is 8.19. The Labute approximate surface area is 103 Å². The summed E-state index contributed by atoms with van der Waals surface area (Å²) in [5.41, 5.74) is 0.958. The highest BCUT2D eigenvalue weighted by Gasteiger charge is 2.35. The van der Waals surface area contributed by atoms with Crippen LogP contribution in [-0.2, 0) is 11.2 Å². The van der Waals surface area contributed by atoms with Crippen molar-refractivity contribution in [2.75, 3.05) is 19.8 Å². The Kier molecular flexibility index (Phi) is 3.84. The van der Waals surface area contributed by atoms with Gasteiger partial charge in [0.2, 0.25) is 0 Å². The summed E-state index contributed by atoms with van der Waals surface area (Å²) in [4.78, 5) is 0. The van der Waals surface area contributed by atoms with E-state index in [4.69, 9.17) is 4.74 Å². The maximum absolute atomic E-state index is 9.53. The van der Waals surface area contributed by atoms with Gasteiger partial charge in [-0.2, -0.15) is 5.10 Å². The summed E-state index contributed by atoms with van der Waals surface area (Å²) in [5.74, 6) is 0. The minimum absolute atomic E-state index is 0.103. The maximum Gasteiger partial charge on any atom is 0.0632 e. The third kappa shape index (κ3) is 2.69. The Balaban J connectivity index is 2.05. The number of hydrogen-bond acceptors (Lipinski definition) is 3. The Morgan fingerprint density at radius 3 is 3.06 bits per heavy atom. The summed E-state index contributed by atoms with van der Waals surface area (Å²) in [6, 6.07) is 2.50. The number of aromatic nitrogens is 2. The molecular formula is C13H22N2O2. The van der Waals surface area contributed by atoms with Crippen LogP contribution in [0.5, 0.6) is 0 Å². The van der Waals surface area contributed by atoms with E-state index in [9.17, 15) is 5.11 Å². The monoisotopic (exact) mass is 238 g/mol. The summed E-state index contributed by atoms with van der Waals surface area (Å²) in [5, 5.41) is 14.1. The molecule has 2 heterocycles. The standard InChI is InChI=1S/C13H22N2O2/c1-3-11(2)15-6-4-12(14-15)8-13(9-16)5-7-17-10-13/h4,6,11,16H,3,5,7-10H2,1-2H3. The van der Waals surface area contributed by atoms with Crippen LogP contribution in [0, 0.1) is 5.41 Å². The van der Waals surface area contributed by atoms with E-state index in [-0.39, 0.29) is 12.0 Å². The third-order valence-electron chi connectivity index (χ3n) is 3.78. The molecule has 1 fully saturated rings. The lowest BCUT2D eigenvalue weighted by atomic mass is 9.83. The van der Waals surface area contributed by atoms with Gasteiger partial charge >= 0.3 is 0 Å². The zero-order valence-corrected chi connectivity index (χ0v) is 10.7. The molecule has 2 unspecified atom stereocenters. The van der Waals surface area contributed by atoms with Crippen LogP contribution in [0.3, 0.4) is 0 Å². The number of aliphatic hydroxyl groups is 1. The van der Waals surface area contributed by atoms with E-state index < -0.39 is 0 Å². The largest absolute Gasteiger partial charge is 0.396 e. The summed E-state index contributed by atoms with van der Waals surface area (Å²) in [7, 11) is 0. The normalized spacial score (nSPS) is 26.3. The number of rotatable bonds is 5. The van der Waals surface area contributed by atoms with E-state index in [1.807, 2.05) is 10.9 Å². The van der Waals surface area contributed by atoms with E-state index in [0.717, 1.165) is 31.6 Å². The second-order valence-electron chi connectivity index (χ2n) is 5.18. The molecule has 0 spiro atoms. The molecule has 2 atom stereocenters. The molecule has 1 aromatic rings. The van der Waals surface area contributed by atoms with Gasteiger partial charge in [0.1, 0.15) is 0 Å². The molecule has 0 bridgehead atoms. The van der Waals surface area contributed by atoms with Crippen LogP contribution in [0.1, 0.15) is 38.4 Å². The first-order valence-electron chi connectivity index (χ1n) is 6.42. The minimum Gasteiger partial charge on any atom is -0.396 e. The molecule has 17 heavy (non-hydrogen) atoms. The van der Waals surface area contributed by atoms with Crippen LogP contribution in [-0.4, -0.2) is 34.7 Å². The fourth-order valence-corrected chi connectivity index (χ4v) is 2.26. The predicted octanol–water partition coefficient (Wildman–Crippen LogP) is 1.80. The first-order valence-corrected chi connectivity index (χ1v) is 6.42. The van der Waals surface area contributed by atoms with Crippen molar-refractivity contribution >= 4 is 0 Å². The van der Waals surface area contributed by atoms with Gasteiger partial charge in [-0.05, 0) is 25.8 Å². The molecule has 0 aliphatic carbocycles. The Morgan fingerprint density at radius 2 is 2.47 bits per heavy atom. The average molecular weight is 238 g/mol. The third-order valence-corrected chi connectivity index (χ3v) is 3.78. The Hall–Kier alpha value is -0.870. The molecule has 0 aromatic carbocycles. The highest BCUT2D eigenvalue weighted by Crippen LogP contribution is 2.31. The molecule has 96 valence electrons. The number of aliphatic hydroxyl groups excluding tert-OH is 1. The molecule has 1 aliphatic rings. The molecule has 0 radical (unpaired) electrons. The lowest BCUT2D eigenvalue weighted by Gasteiger charge is -2.23. The summed E-state index contributed by atoms with van der Waals surface area (Å²) < 4.78 is 7.41.